The summed E-state index contributed by atoms with van der Waals surface area (Å²) in [6.45, 7) is 11.1. The van der Waals surface area contributed by atoms with Gasteiger partial charge in [-0.25, -0.2) is 9.97 Å². The molecule has 0 spiro atoms. The third-order valence-electron chi connectivity index (χ3n) is 5.02. The van der Waals surface area contributed by atoms with E-state index in [2.05, 4.69) is 30.0 Å². The van der Waals surface area contributed by atoms with Gasteiger partial charge in [0.2, 0.25) is 0 Å². The lowest BCUT2D eigenvalue weighted by Gasteiger charge is -2.34. The summed E-state index contributed by atoms with van der Waals surface area (Å²) in [5.41, 5.74) is 1.90. The van der Waals surface area contributed by atoms with Crippen molar-refractivity contribution in [2.24, 2.45) is 0 Å². The standard InChI is InChI=1S/C19H31N7OS/c1-3-27-14-13-26-17(23-16-5-4-6-21-18(16)26)15-25-11-9-24(10-12-25)8-7-22-19(28)20-2/h4-6H,3,7-15H2,1-2H3,(H2,20,22,28). The second-order valence-electron chi connectivity index (χ2n) is 6.85. The first kappa shape index (κ1) is 20.9. The molecule has 0 amide bonds. The zero-order valence-electron chi connectivity index (χ0n) is 16.9. The number of hydrogen-bond acceptors (Lipinski definition) is 6. The highest BCUT2D eigenvalue weighted by Gasteiger charge is 2.20. The Balaban J connectivity index is 1.55. The molecule has 2 aromatic rings. The molecular weight excluding hydrogens is 374 g/mol. The molecule has 3 heterocycles. The van der Waals surface area contributed by atoms with E-state index in [4.69, 9.17) is 21.9 Å². The highest BCUT2D eigenvalue weighted by molar-refractivity contribution is 7.80. The van der Waals surface area contributed by atoms with Crippen LogP contribution in [0.2, 0.25) is 0 Å². The molecule has 0 bridgehead atoms. The Kier molecular flexibility index (Phi) is 7.96. The van der Waals surface area contributed by atoms with Gasteiger partial charge in [0.25, 0.3) is 0 Å². The van der Waals surface area contributed by atoms with Crippen LogP contribution in [-0.4, -0.2) is 89.0 Å². The maximum Gasteiger partial charge on any atom is 0.166 e. The second kappa shape index (κ2) is 10.7. The van der Waals surface area contributed by atoms with Gasteiger partial charge in [0, 0.05) is 65.7 Å². The van der Waals surface area contributed by atoms with Crippen LogP contribution in [0, 0.1) is 0 Å². The minimum absolute atomic E-state index is 0.681. The Labute approximate surface area is 172 Å². The van der Waals surface area contributed by atoms with E-state index >= 15 is 0 Å². The smallest absolute Gasteiger partial charge is 0.166 e. The molecule has 0 radical (unpaired) electrons. The number of fused-ring (bicyclic) bond motifs is 1. The summed E-state index contributed by atoms with van der Waals surface area (Å²) >= 11 is 5.12. The lowest BCUT2D eigenvalue weighted by molar-refractivity contribution is 0.121. The number of aromatic nitrogens is 3. The summed E-state index contributed by atoms with van der Waals surface area (Å²) in [7, 11) is 1.84. The van der Waals surface area contributed by atoms with Crippen molar-refractivity contribution < 1.29 is 4.74 Å². The van der Waals surface area contributed by atoms with E-state index in [0.717, 1.165) is 76.0 Å². The number of rotatable bonds is 9. The van der Waals surface area contributed by atoms with E-state index in [-0.39, 0.29) is 0 Å². The molecule has 2 N–H and O–H groups in total. The SMILES string of the molecule is CCOCCn1c(CN2CCN(CCNC(=S)NC)CC2)nc2cccnc21. The summed E-state index contributed by atoms with van der Waals surface area (Å²) in [5.74, 6) is 1.07. The Hall–Kier alpha value is -1.81. The molecule has 0 aromatic carbocycles. The minimum atomic E-state index is 0.681. The molecule has 1 aliphatic heterocycles. The fourth-order valence-corrected chi connectivity index (χ4v) is 3.55. The number of pyridine rings is 1. The van der Waals surface area contributed by atoms with Crippen molar-refractivity contribution in [1.29, 1.82) is 0 Å². The van der Waals surface area contributed by atoms with Crippen molar-refractivity contribution in [3.63, 3.8) is 0 Å². The van der Waals surface area contributed by atoms with Crippen LogP contribution in [0.25, 0.3) is 11.2 Å². The highest BCUT2D eigenvalue weighted by Crippen LogP contribution is 2.16. The fraction of sp³-hybridized carbons (Fsp3) is 0.632. The summed E-state index contributed by atoms with van der Waals surface area (Å²) in [6.07, 6.45) is 1.83. The third kappa shape index (κ3) is 5.60. The van der Waals surface area contributed by atoms with Gasteiger partial charge >= 0.3 is 0 Å². The average molecular weight is 406 g/mol. The Morgan fingerprint density at radius 3 is 2.75 bits per heavy atom. The molecule has 2 aromatic heterocycles. The monoisotopic (exact) mass is 405 g/mol. The van der Waals surface area contributed by atoms with Crippen LogP contribution in [0.5, 0.6) is 0 Å². The highest BCUT2D eigenvalue weighted by atomic mass is 32.1. The lowest BCUT2D eigenvalue weighted by Crippen LogP contribution is -2.48. The molecule has 0 aliphatic carbocycles. The van der Waals surface area contributed by atoms with Crippen LogP contribution in [0.3, 0.4) is 0 Å². The molecule has 0 unspecified atom stereocenters. The third-order valence-corrected chi connectivity index (χ3v) is 5.37. The summed E-state index contributed by atoms with van der Waals surface area (Å²) in [4.78, 5) is 14.3. The zero-order chi connectivity index (χ0) is 19.8. The second-order valence-corrected chi connectivity index (χ2v) is 7.25. The predicted octanol–water partition coefficient (Wildman–Crippen LogP) is 0.679. The Morgan fingerprint density at radius 1 is 1.21 bits per heavy atom. The number of thiocarbonyl (C=S) groups is 1. The summed E-state index contributed by atoms with van der Waals surface area (Å²) in [6, 6.07) is 3.97. The summed E-state index contributed by atoms with van der Waals surface area (Å²) < 4.78 is 7.77. The van der Waals surface area contributed by atoms with Crippen LogP contribution in [0.4, 0.5) is 0 Å². The Bertz CT molecular complexity index is 758. The fourth-order valence-electron chi connectivity index (χ4n) is 3.45. The van der Waals surface area contributed by atoms with Gasteiger partial charge in [-0.15, -0.1) is 0 Å². The molecule has 1 fully saturated rings. The maximum absolute atomic E-state index is 5.56. The topological polar surface area (TPSA) is 70.5 Å². The minimum Gasteiger partial charge on any atom is -0.380 e. The van der Waals surface area contributed by atoms with Crippen LogP contribution in [-0.2, 0) is 17.8 Å². The number of nitrogens with one attached hydrogen (secondary N) is 2. The Morgan fingerprint density at radius 2 is 2.00 bits per heavy atom. The molecule has 9 heteroatoms. The van der Waals surface area contributed by atoms with Crippen LogP contribution in [0.15, 0.2) is 18.3 Å². The van der Waals surface area contributed by atoms with Gasteiger partial charge in [-0.1, -0.05) is 0 Å². The molecule has 0 saturated carbocycles. The van der Waals surface area contributed by atoms with E-state index < -0.39 is 0 Å². The van der Waals surface area contributed by atoms with Crippen LogP contribution in [0.1, 0.15) is 12.7 Å². The van der Waals surface area contributed by atoms with Crippen molar-refractivity contribution in [1.82, 2.24) is 35.0 Å². The first-order chi connectivity index (χ1) is 13.7. The summed E-state index contributed by atoms with van der Waals surface area (Å²) in [5, 5.41) is 6.86. The molecule has 1 saturated heterocycles. The largest absolute Gasteiger partial charge is 0.380 e. The van der Waals surface area contributed by atoms with E-state index in [1.54, 1.807) is 0 Å². The van der Waals surface area contributed by atoms with E-state index in [1.807, 2.05) is 32.3 Å². The quantitative estimate of drug-likeness (QED) is 0.466. The van der Waals surface area contributed by atoms with Gasteiger partial charge in [-0.05, 0) is 31.3 Å². The van der Waals surface area contributed by atoms with E-state index in [1.165, 1.54) is 0 Å². The van der Waals surface area contributed by atoms with Gasteiger partial charge in [-0.3, -0.25) is 9.80 Å². The normalized spacial score (nSPS) is 15.8. The molecule has 8 nitrogen and oxygen atoms in total. The van der Waals surface area contributed by atoms with E-state index in [9.17, 15) is 0 Å². The molecule has 28 heavy (non-hydrogen) atoms. The van der Waals surface area contributed by atoms with Gasteiger partial charge < -0.3 is 19.9 Å². The maximum atomic E-state index is 5.56. The molecule has 1 aliphatic rings. The average Bonchev–Trinajstić information content (AvgIpc) is 3.06. The van der Waals surface area contributed by atoms with Crippen LogP contribution >= 0.6 is 12.2 Å². The van der Waals surface area contributed by atoms with Gasteiger partial charge in [0.1, 0.15) is 11.3 Å². The molecular formula is C19H31N7OS. The van der Waals surface area contributed by atoms with Crippen molar-refractivity contribution in [3.8, 4) is 0 Å². The molecule has 154 valence electrons. The van der Waals surface area contributed by atoms with Gasteiger partial charge in [-0.2, -0.15) is 0 Å². The van der Waals surface area contributed by atoms with E-state index in [0.29, 0.717) is 11.7 Å². The van der Waals surface area contributed by atoms with Crippen molar-refractivity contribution in [2.75, 3.05) is 59.5 Å². The molecule has 3 rings (SSSR count). The molecule has 0 atom stereocenters. The van der Waals surface area contributed by atoms with Gasteiger partial charge in [0.15, 0.2) is 10.8 Å². The predicted molar refractivity (Wildman–Crippen MR) is 115 cm³/mol. The van der Waals surface area contributed by atoms with Crippen molar-refractivity contribution in [2.45, 2.75) is 20.0 Å². The number of piperazine rings is 1. The zero-order valence-corrected chi connectivity index (χ0v) is 17.7. The number of hydrogen-bond donors (Lipinski definition) is 2. The first-order valence-corrected chi connectivity index (χ1v) is 10.4. The number of imidazole rings is 1. The van der Waals surface area contributed by atoms with Crippen molar-refractivity contribution >= 4 is 28.5 Å². The van der Waals surface area contributed by atoms with Crippen molar-refractivity contribution in [3.05, 3.63) is 24.2 Å². The van der Waals surface area contributed by atoms with Gasteiger partial charge in [0.05, 0.1) is 13.2 Å². The number of ether oxygens (including phenoxy) is 1. The first-order valence-electron chi connectivity index (χ1n) is 9.99. The lowest BCUT2D eigenvalue weighted by atomic mass is 10.3. The number of nitrogens with zero attached hydrogens (tertiary/aromatic N) is 5. The van der Waals surface area contributed by atoms with Crippen LogP contribution < -0.4 is 10.6 Å².